The average molecular weight is 989 g/mol. The smallest absolute Gasteiger partial charge is 0.410 e. The van der Waals surface area contributed by atoms with Crippen LogP contribution in [0.1, 0.15) is 37.5 Å². The molecule has 0 spiro atoms. The Labute approximate surface area is 367 Å². The molecule has 2 atom stereocenters. The maximum Gasteiger partial charge on any atom is 0.410 e. The number of hydrogen-bond acceptors (Lipinski definition) is 13. The lowest BCUT2D eigenvalue weighted by Crippen LogP contribution is -2.51. The number of nitrogens with zero attached hydrogens (tertiary/aromatic N) is 5. The normalized spacial score (nSPS) is 15.7. The summed E-state index contributed by atoms with van der Waals surface area (Å²) in [5.41, 5.74) is 0.871. The number of ether oxygens (including phenoxy) is 4. The van der Waals surface area contributed by atoms with Gasteiger partial charge in [-0.3, -0.25) is 0 Å². The van der Waals surface area contributed by atoms with E-state index in [4.69, 9.17) is 18.9 Å². The Bertz CT molecular complexity index is 2480. The molecular formula is C40H45IN8O10S2. The second-order valence-electron chi connectivity index (χ2n) is 14.9. The number of carbonyl (C=O) groups is 2. The van der Waals surface area contributed by atoms with Gasteiger partial charge in [-0.1, -0.05) is 54.6 Å². The molecule has 4 aromatic carbocycles. The summed E-state index contributed by atoms with van der Waals surface area (Å²) < 4.78 is 86.1. The minimum Gasteiger partial charge on any atom is -0.497 e. The lowest BCUT2D eigenvalue weighted by Gasteiger charge is -2.26. The van der Waals surface area contributed by atoms with Crippen LogP contribution in [0, 0.1) is 3.57 Å². The Kier molecular flexibility index (Phi) is 14.2. The molecule has 61 heavy (non-hydrogen) atoms. The van der Waals surface area contributed by atoms with Crippen molar-refractivity contribution in [2.75, 3.05) is 27.3 Å². The second-order valence-corrected chi connectivity index (χ2v) is 19.6. The van der Waals surface area contributed by atoms with Crippen molar-refractivity contribution in [1.82, 2.24) is 39.9 Å². The molecule has 1 saturated heterocycles. The SMILES string of the molecule is COc1ccc(CN(Cc2ccc(OC)cc2)S(=O)(=O)c2c(S(=O)(=O)N[C@H]3CN(C(=O)OC(C)(C)C)C[C@@H]3NC(=O)OCc3ccccc3)ccc(I)c2-c2nn[nH]n2)cc1. The van der Waals surface area contributed by atoms with Crippen LogP contribution in [0.3, 0.4) is 0 Å². The topological polar surface area (TPSA) is 224 Å². The van der Waals surface area contributed by atoms with Crippen LogP contribution in [0.15, 0.2) is 101 Å². The summed E-state index contributed by atoms with van der Waals surface area (Å²) in [6.07, 6.45) is -1.61. The van der Waals surface area contributed by atoms with Gasteiger partial charge in [0.25, 0.3) is 0 Å². The number of nitrogens with one attached hydrogen (secondary N) is 3. The van der Waals surface area contributed by atoms with Crippen molar-refractivity contribution < 1.29 is 45.4 Å². The number of alkyl carbamates (subject to hydrolysis) is 1. The van der Waals surface area contributed by atoms with Crippen molar-refractivity contribution in [2.24, 2.45) is 0 Å². The summed E-state index contributed by atoms with van der Waals surface area (Å²) in [7, 11) is -6.63. The first kappa shape index (κ1) is 45.2. The van der Waals surface area contributed by atoms with E-state index < -0.39 is 59.7 Å². The summed E-state index contributed by atoms with van der Waals surface area (Å²) >= 11 is 1.89. The van der Waals surface area contributed by atoms with Gasteiger partial charge in [-0.25, -0.2) is 31.1 Å². The number of sulfonamides is 2. The van der Waals surface area contributed by atoms with E-state index in [2.05, 4.69) is 30.7 Å². The van der Waals surface area contributed by atoms with E-state index in [0.717, 1.165) is 9.87 Å². The van der Waals surface area contributed by atoms with Gasteiger partial charge in [0.1, 0.15) is 33.5 Å². The Morgan fingerprint density at radius 1 is 0.836 bits per heavy atom. The molecule has 21 heteroatoms. The number of carbonyl (C=O) groups excluding carboxylic acids is 2. The van der Waals surface area contributed by atoms with Gasteiger partial charge in [-0.05, 0) is 102 Å². The van der Waals surface area contributed by atoms with Gasteiger partial charge in [0.05, 0.1) is 31.9 Å². The molecule has 18 nitrogen and oxygen atoms in total. The Morgan fingerprint density at radius 2 is 1.43 bits per heavy atom. The first-order valence-electron chi connectivity index (χ1n) is 18.8. The summed E-state index contributed by atoms with van der Waals surface area (Å²) in [5, 5.41) is 16.8. The number of aromatic nitrogens is 4. The number of benzene rings is 4. The predicted octanol–water partition coefficient (Wildman–Crippen LogP) is 5.07. The molecule has 1 aromatic heterocycles. The van der Waals surface area contributed by atoms with Gasteiger partial charge in [0, 0.05) is 29.7 Å². The highest BCUT2D eigenvalue weighted by atomic mass is 127. The number of likely N-dealkylation sites (tertiary alicyclic amines) is 1. The number of rotatable bonds is 15. The van der Waals surface area contributed by atoms with Crippen molar-refractivity contribution in [3.05, 3.63) is 111 Å². The number of aromatic amines is 1. The minimum absolute atomic E-state index is 0.0716. The second kappa shape index (κ2) is 19.1. The zero-order chi connectivity index (χ0) is 44.0. The van der Waals surface area contributed by atoms with Gasteiger partial charge in [-0.2, -0.15) is 9.52 Å². The fourth-order valence-corrected chi connectivity index (χ4v) is 11.0. The van der Waals surface area contributed by atoms with Crippen LogP contribution in [-0.2, 0) is 49.2 Å². The average Bonchev–Trinajstić information content (AvgIpc) is 3.90. The van der Waals surface area contributed by atoms with Gasteiger partial charge in [0.15, 0.2) is 0 Å². The quantitative estimate of drug-likeness (QED) is 0.117. The molecule has 0 saturated carbocycles. The Morgan fingerprint density at radius 3 is 1.97 bits per heavy atom. The summed E-state index contributed by atoms with van der Waals surface area (Å²) in [6.45, 7) is 4.20. The first-order valence-corrected chi connectivity index (χ1v) is 22.8. The van der Waals surface area contributed by atoms with Gasteiger partial charge in [0.2, 0.25) is 25.9 Å². The van der Waals surface area contributed by atoms with Crippen LogP contribution < -0.4 is 19.5 Å². The molecule has 2 amide bonds. The van der Waals surface area contributed by atoms with E-state index >= 15 is 8.42 Å². The zero-order valence-electron chi connectivity index (χ0n) is 33.9. The summed E-state index contributed by atoms with van der Waals surface area (Å²) in [5.74, 6) is 0.935. The van der Waals surface area contributed by atoms with Crippen molar-refractivity contribution in [3.63, 3.8) is 0 Å². The highest BCUT2D eigenvalue weighted by Crippen LogP contribution is 2.38. The molecule has 0 radical (unpaired) electrons. The minimum atomic E-state index is -4.84. The maximum absolute atomic E-state index is 15.4. The number of tetrazole rings is 1. The zero-order valence-corrected chi connectivity index (χ0v) is 37.7. The maximum atomic E-state index is 15.4. The van der Waals surface area contributed by atoms with Crippen molar-refractivity contribution in [2.45, 2.75) is 67.9 Å². The number of H-pyrrole nitrogens is 1. The molecule has 6 rings (SSSR count). The highest BCUT2D eigenvalue weighted by molar-refractivity contribution is 14.1. The first-order chi connectivity index (χ1) is 29.0. The van der Waals surface area contributed by atoms with Crippen molar-refractivity contribution in [1.29, 1.82) is 0 Å². The number of methoxy groups -OCH3 is 2. The molecule has 0 aliphatic carbocycles. The lowest BCUT2D eigenvalue weighted by molar-refractivity contribution is 0.0287. The molecule has 1 aliphatic rings. The molecule has 5 aromatic rings. The van der Waals surface area contributed by atoms with E-state index in [1.165, 1.54) is 31.3 Å². The van der Waals surface area contributed by atoms with E-state index in [-0.39, 0.29) is 44.2 Å². The standard InChI is InChI=1S/C40H45IN8O10S2/c1-40(2,3)59-39(51)48-23-32(42-38(50)58-25-28-9-7-6-8-10-28)33(24-48)45-60(52,53)34-20-19-31(41)35(37-43-46-47-44-37)36(34)61(54,55)49(21-26-11-15-29(56-4)16-12-26)22-27-13-17-30(57-5)18-14-27/h6-20,32-33,45H,21-25H2,1-5H3,(H,42,50)(H,43,44,46,47)/t32-,33-/m0/s1. The van der Waals surface area contributed by atoms with Crippen LogP contribution in [0.5, 0.6) is 11.5 Å². The van der Waals surface area contributed by atoms with E-state index in [1.54, 1.807) is 93.6 Å². The van der Waals surface area contributed by atoms with Crippen LogP contribution in [-0.4, -0.2) is 104 Å². The van der Waals surface area contributed by atoms with Crippen LogP contribution in [0.2, 0.25) is 0 Å². The van der Waals surface area contributed by atoms with E-state index in [1.807, 2.05) is 28.7 Å². The number of hydrogen-bond donors (Lipinski definition) is 3. The highest BCUT2D eigenvalue weighted by Gasteiger charge is 2.43. The summed E-state index contributed by atoms with van der Waals surface area (Å²) in [4.78, 5) is 26.4. The number of halogens is 1. The third-order valence-electron chi connectivity index (χ3n) is 9.36. The molecule has 0 bridgehead atoms. The molecule has 2 heterocycles. The third kappa shape index (κ3) is 11.3. The van der Waals surface area contributed by atoms with Crippen LogP contribution >= 0.6 is 22.6 Å². The van der Waals surface area contributed by atoms with Gasteiger partial charge >= 0.3 is 12.2 Å². The monoisotopic (exact) mass is 988 g/mol. The van der Waals surface area contributed by atoms with Crippen LogP contribution in [0.4, 0.5) is 9.59 Å². The van der Waals surface area contributed by atoms with Gasteiger partial charge in [-0.15, -0.1) is 10.2 Å². The molecule has 3 N–H and O–H groups in total. The molecular weight excluding hydrogens is 944 g/mol. The molecule has 324 valence electrons. The van der Waals surface area contributed by atoms with E-state index in [9.17, 15) is 18.0 Å². The van der Waals surface area contributed by atoms with Crippen molar-refractivity contribution in [3.8, 4) is 22.9 Å². The Hall–Kier alpha value is -5.36. The largest absolute Gasteiger partial charge is 0.497 e. The molecule has 1 fully saturated rings. The Balaban J connectivity index is 1.41. The third-order valence-corrected chi connectivity index (χ3v) is 13.8. The fourth-order valence-electron chi connectivity index (χ4n) is 6.43. The van der Waals surface area contributed by atoms with Gasteiger partial charge < -0.3 is 29.2 Å². The molecule has 0 unspecified atom stereocenters. The van der Waals surface area contributed by atoms with E-state index in [0.29, 0.717) is 26.2 Å². The summed E-state index contributed by atoms with van der Waals surface area (Å²) in [6, 6.07) is 22.9. The number of amides is 2. The van der Waals surface area contributed by atoms with Crippen molar-refractivity contribution >= 4 is 54.8 Å². The predicted molar refractivity (Wildman–Crippen MR) is 230 cm³/mol. The lowest BCUT2D eigenvalue weighted by atomic mass is 10.2. The molecule has 1 aliphatic heterocycles. The van der Waals surface area contributed by atoms with Crippen LogP contribution in [0.25, 0.3) is 11.4 Å². The fraction of sp³-hybridized carbons (Fsp3) is 0.325.